The maximum Gasteiger partial charge on any atom is 0.157 e. The van der Waals surface area contributed by atoms with Crippen molar-refractivity contribution in [1.82, 2.24) is 10.3 Å². The Hall–Kier alpha value is -2.34. The Morgan fingerprint density at radius 1 is 1.29 bits per heavy atom. The van der Waals surface area contributed by atoms with E-state index in [-0.39, 0.29) is 0 Å². The number of anilines is 1. The number of hydrogen-bond acceptors (Lipinski definition) is 4. The standard InChI is InChI=1S/C22H31BN4S/c1-8-24-21(26-19-11-10-15(2)14-16(19)3)20-18(5)28-22(27-20)17(4)25-13-9-12-23(6)7/h8,10-11,14,25H,1,4,9,12-13H2,2-3,5-7H3,(H,24,26). The highest BCUT2D eigenvalue weighted by Gasteiger charge is 2.16. The molecule has 4 nitrogen and oxygen atoms in total. The Balaban J connectivity index is 2.16. The second-order valence-corrected chi connectivity index (χ2v) is 8.67. The van der Waals surface area contributed by atoms with Gasteiger partial charge in [0, 0.05) is 23.3 Å². The summed E-state index contributed by atoms with van der Waals surface area (Å²) in [6.45, 7) is 20.3. The smallest absolute Gasteiger partial charge is 0.157 e. The van der Waals surface area contributed by atoms with E-state index in [1.54, 1.807) is 17.5 Å². The molecule has 0 saturated carbocycles. The zero-order valence-electron chi connectivity index (χ0n) is 17.7. The number of nitrogens with zero attached hydrogens (tertiary/aromatic N) is 2. The molecule has 0 aliphatic carbocycles. The van der Waals surface area contributed by atoms with E-state index in [0.717, 1.165) is 46.6 Å². The maximum atomic E-state index is 4.80. The molecule has 0 aliphatic rings. The summed E-state index contributed by atoms with van der Waals surface area (Å²) >= 11 is 1.63. The molecule has 0 saturated heterocycles. The van der Waals surface area contributed by atoms with Crippen molar-refractivity contribution in [3.8, 4) is 0 Å². The van der Waals surface area contributed by atoms with E-state index >= 15 is 0 Å². The molecule has 0 unspecified atom stereocenters. The van der Waals surface area contributed by atoms with Gasteiger partial charge in [-0.2, -0.15) is 0 Å². The quantitative estimate of drug-likeness (QED) is 0.245. The topological polar surface area (TPSA) is 49.3 Å². The molecule has 0 aliphatic heterocycles. The number of rotatable bonds is 9. The lowest BCUT2D eigenvalue weighted by Crippen LogP contribution is -2.17. The molecule has 0 amide bonds. The van der Waals surface area contributed by atoms with Gasteiger partial charge in [0.25, 0.3) is 0 Å². The van der Waals surface area contributed by atoms with Gasteiger partial charge in [0.1, 0.15) is 17.4 Å². The van der Waals surface area contributed by atoms with E-state index in [1.807, 2.05) is 0 Å². The first-order valence-corrected chi connectivity index (χ1v) is 10.6. The van der Waals surface area contributed by atoms with Gasteiger partial charge in [-0.3, -0.25) is 0 Å². The molecule has 1 aromatic heterocycles. The summed E-state index contributed by atoms with van der Waals surface area (Å²) in [5.41, 5.74) is 5.13. The number of hydrogen-bond donors (Lipinski definition) is 2. The monoisotopic (exact) mass is 394 g/mol. The molecule has 0 atom stereocenters. The fraction of sp³-hybridized carbons (Fsp3) is 0.364. The number of aryl methyl sites for hydroxylation is 3. The third-order valence-electron chi connectivity index (χ3n) is 4.43. The third kappa shape index (κ3) is 6.09. The van der Waals surface area contributed by atoms with Gasteiger partial charge in [-0.25, -0.2) is 9.98 Å². The normalized spacial score (nSPS) is 11.2. The van der Waals surface area contributed by atoms with Crippen LogP contribution in [-0.4, -0.2) is 24.1 Å². The first kappa shape index (κ1) is 22.0. The summed E-state index contributed by atoms with van der Waals surface area (Å²) < 4.78 is 0. The predicted octanol–water partition coefficient (Wildman–Crippen LogP) is 5.78. The number of amidine groups is 1. The van der Waals surface area contributed by atoms with Crippen molar-refractivity contribution in [2.24, 2.45) is 4.99 Å². The lowest BCUT2D eigenvalue weighted by Gasteiger charge is -2.11. The van der Waals surface area contributed by atoms with Gasteiger partial charge >= 0.3 is 0 Å². The van der Waals surface area contributed by atoms with E-state index < -0.39 is 0 Å². The molecular formula is C22H31BN4S. The minimum absolute atomic E-state index is 0.703. The summed E-state index contributed by atoms with van der Waals surface area (Å²) in [7, 11) is 0. The molecule has 0 spiro atoms. The fourth-order valence-corrected chi connectivity index (χ4v) is 3.76. The van der Waals surface area contributed by atoms with Crippen LogP contribution in [0.2, 0.25) is 20.0 Å². The van der Waals surface area contributed by atoms with Gasteiger partial charge in [-0.1, -0.05) is 50.8 Å². The van der Waals surface area contributed by atoms with E-state index in [9.17, 15) is 0 Å². The molecule has 0 bridgehead atoms. The predicted molar refractivity (Wildman–Crippen MR) is 127 cm³/mol. The van der Waals surface area contributed by atoms with Gasteiger partial charge < -0.3 is 10.6 Å². The van der Waals surface area contributed by atoms with Crippen molar-refractivity contribution in [2.45, 2.75) is 47.2 Å². The third-order valence-corrected chi connectivity index (χ3v) is 5.46. The molecular weight excluding hydrogens is 363 g/mol. The minimum Gasteiger partial charge on any atom is -0.383 e. The van der Waals surface area contributed by atoms with Gasteiger partial charge in [0.05, 0.1) is 5.70 Å². The highest BCUT2D eigenvalue weighted by atomic mass is 32.1. The molecule has 0 radical (unpaired) electrons. The van der Waals surface area contributed by atoms with Crippen molar-refractivity contribution in [1.29, 1.82) is 0 Å². The van der Waals surface area contributed by atoms with Crippen LogP contribution in [0.4, 0.5) is 5.69 Å². The second kappa shape index (κ2) is 10.3. The van der Waals surface area contributed by atoms with Gasteiger partial charge in [-0.05, 0) is 38.8 Å². The van der Waals surface area contributed by atoms with Crippen molar-refractivity contribution >= 4 is 35.3 Å². The number of thiazole rings is 1. The molecule has 28 heavy (non-hydrogen) atoms. The SMILES string of the molecule is C=C/N=C(/Nc1ccc(C)cc1C)c1nc(C(=C)NCCCB(C)C)sc1C. The van der Waals surface area contributed by atoms with Crippen LogP contribution in [0.5, 0.6) is 0 Å². The maximum absolute atomic E-state index is 4.80. The van der Waals surface area contributed by atoms with E-state index in [2.05, 4.69) is 81.4 Å². The lowest BCUT2D eigenvalue weighted by molar-refractivity contribution is 0.817. The van der Waals surface area contributed by atoms with Crippen LogP contribution in [0.25, 0.3) is 5.70 Å². The van der Waals surface area contributed by atoms with Crippen LogP contribution in [-0.2, 0) is 0 Å². The van der Waals surface area contributed by atoms with Crippen molar-refractivity contribution in [2.75, 3.05) is 11.9 Å². The molecule has 1 heterocycles. The molecule has 2 aromatic rings. The van der Waals surface area contributed by atoms with Gasteiger partial charge in [-0.15, -0.1) is 11.3 Å². The van der Waals surface area contributed by atoms with Gasteiger partial charge in [0.15, 0.2) is 5.84 Å². The van der Waals surface area contributed by atoms with E-state index in [4.69, 9.17) is 4.98 Å². The largest absolute Gasteiger partial charge is 0.383 e. The van der Waals surface area contributed by atoms with Crippen molar-refractivity contribution in [3.63, 3.8) is 0 Å². The first-order chi connectivity index (χ1) is 13.3. The summed E-state index contributed by atoms with van der Waals surface area (Å²) in [5.74, 6) is 0.703. The van der Waals surface area contributed by atoms with Crippen LogP contribution in [0.3, 0.4) is 0 Å². The average Bonchev–Trinajstić information content (AvgIpc) is 3.02. The summed E-state index contributed by atoms with van der Waals surface area (Å²) in [6.07, 6.45) is 3.88. The molecule has 1 aromatic carbocycles. The zero-order valence-corrected chi connectivity index (χ0v) is 18.5. The van der Waals surface area contributed by atoms with Crippen LogP contribution in [0, 0.1) is 20.8 Å². The van der Waals surface area contributed by atoms with Gasteiger partial charge in [0.2, 0.25) is 0 Å². The molecule has 2 rings (SSSR count). The molecule has 6 heteroatoms. The average molecular weight is 394 g/mol. The number of benzene rings is 1. The Labute approximate surface area is 174 Å². The van der Waals surface area contributed by atoms with Crippen molar-refractivity contribution < 1.29 is 0 Å². The Kier molecular flexibility index (Phi) is 8.06. The first-order valence-electron chi connectivity index (χ1n) is 9.75. The number of aliphatic imine (C=N–C) groups is 1. The molecule has 0 fully saturated rings. The number of nitrogens with one attached hydrogen (secondary N) is 2. The van der Waals surface area contributed by atoms with E-state index in [0.29, 0.717) is 5.84 Å². The summed E-state index contributed by atoms with van der Waals surface area (Å²) in [5, 5.41) is 7.73. The Morgan fingerprint density at radius 3 is 2.68 bits per heavy atom. The minimum atomic E-state index is 0.703. The second-order valence-electron chi connectivity index (χ2n) is 7.47. The highest BCUT2D eigenvalue weighted by Crippen LogP contribution is 2.24. The summed E-state index contributed by atoms with van der Waals surface area (Å²) in [6, 6.07) is 6.31. The Bertz CT molecular complexity index is 867. The zero-order chi connectivity index (χ0) is 20.7. The van der Waals surface area contributed by atoms with Crippen LogP contribution in [0.1, 0.15) is 33.1 Å². The Morgan fingerprint density at radius 2 is 2.04 bits per heavy atom. The lowest BCUT2D eigenvalue weighted by atomic mass is 9.51. The fourth-order valence-electron chi connectivity index (χ4n) is 2.90. The summed E-state index contributed by atoms with van der Waals surface area (Å²) in [4.78, 5) is 10.3. The van der Waals surface area contributed by atoms with Crippen LogP contribution >= 0.6 is 11.3 Å². The highest BCUT2D eigenvalue weighted by molar-refractivity contribution is 7.13. The van der Waals surface area contributed by atoms with Crippen LogP contribution in [0.15, 0.2) is 42.5 Å². The molecule has 2 N–H and O–H groups in total. The van der Waals surface area contributed by atoms with Crippen LogP contribution < -0.4 is 10.6 Å². The number of aromatic nitrogens is 1. The van der Waals surface area contributed by atoms with E-state index in [1.165, 1.54) is 17.4 Å². The molecule has 148 valence electrons. The van der Waals surface area contributed by atoms with Crippen molar-refractivity contribution in [3.05, 3.63) is 64.3 Å².